The molecule has 2 aromatic carbocycles. The third kappa shape index (κ3) is 7.41. The molecule has 0 aromatic heterocycles. The molecule has 44 heavy (non-hydrogen) atoms. The van der Waals surface area contributed by atoms with Crippen LogP contribution in [0.25, 0.3) is 0 Å². The Bertz CT molecular complexity index is 1240. The molecular formula is C34H44O10. The molecule has 0 aliphatic carbocycles. The number of ketones is 1. The van der Waals surface area contributed by atoms with Crippen LogP contribution in [0.2, 0.25) is 0 Å². The summed E-state index contributed by atoms with van der Waals surface area (Å²) in [6.07, 6.45) is -4.24. The zero-order valence-electron chi connectivity index (χ0n) is 26.1. The van der Waals surface area contributed by atoms with Crippen molar-refractivity contribution >= 4 is 5.78 Å². The first-order valence-electron chi connectivity index (χ1n) is 15.5. The van der Waals surface area contributed by atoms with Gasteiger partial charge in [0.25, 0.3) is 0 Å². The van der Waals surface area contributed by atoms with E-state index in [0.717, 1.165) is 11.1 Å². The molecule has 10 nitrogen and oxygen atoms in total. The monoisotopic (exact) mass is 612 g/mol. The van der Waals surface area contributed by atoms with Crippen LogP contribution >= 0.6 is 0 Å². The zero-order valence-corrected chi connectivity index (χ0v) is 26.1. The van der Waals surface area contributed by atoms with Crippen LogP contribution in [0.4, 0.5) is 0 Å². The van der Waals surface area contributed by atoms with Gasteiger partial charge in [-0.15, -0.1) is 0 Å². The molecule has 0 radical (unpaired) electrons. The molecule has 0 N–H and O–H groups in total. The molecule has 4 aliphatic heterocycles. The van der Waals surface area contributed by atoms with Gasteiger partial charge in [-0.2, -0.15) is 0 Å². The number of ether oxygens (including phenoxy) is 9. The van der Waals surface area contributed by atoms with Crippen molar-refractivity contribution in [1.29, 1.82) is 0 Å². The quantitative estimate of drug-likeness (QED) is 0.340. The number of fused-ring (bicyclic) bond motifs is 1. The molecule has 10 heteroatoms. The molecule has 0 unspecified atom stereocenters. The van der Waals surface area contributed by atoms with Crippen LogP contribution in [0, 0.1) is 5.92 Å². The minimum Gasteiger partial charge on any atom is -0.374 e. The van der Waals surface area contributed by atoms with Crippen molar-refractivity contribution in [1.82, 2.24) is 0 Å². The maximum absolute atomic E-state index is 12.6. The Morgan fingerprint density at radius 1 is 0.818 bits per heavy atom. The lowest BCUT2D eigenvalue weighted by Crippen LogP contribution is -2.47. The molecule has 4 aliphatic rings. The fourth-order valence-electron chi connectivity index (χ4n) is 6.45. The first kappa shape index (κ1) is 31.7. The van der Waals surface area contributed by atoms with Gasteiger partial charge in [-0.05, 0) is 45.7 Å². The van der Waals surface area contributed by atoms with Crippen LogP contribution in [-0.2, 0) is 60.6 Å². The highest BCUT2D eigenvalue weighted by Gasteiger charge is 2.61. The molecule has 0 amide bonds. The Balaban J connectivity index is 1.23. The number of carbonyl (C=O) groups excluding carboxylic acids is 1. The van der Waals surface area contributed by atoms with E-state index in [0.29, 0.717) is 19.8 Å². The van der Waals surface area contributed by atoms with Gasteiger partial charge < -0.3 is 47.4 Å². The van der Waals surface area contributed by atoms with Gasteiger partial charge >= 0.3 is 0 Å². The molecule has 6 rings (SSSR count). The first-order chi connectivity index (χ1) is 21.1. The summed E-state index contributed by atoms with van der Waals surface area (Å²) in [6.45, 7) is 10.4. The van der Waals surface area contributed by atoms with Crippen molar-refractivity contribution < 1.29 is 47.4 Å². The summed E-state index contributed by atoms with van der Waals surface area (Å²) in [4.78, 5) is 12.6. The molecule has 0 spiro atoms. The number of carbonyl (C=O) groups is 1. The van der Waals surface area contributed by atoms with Gasteiger partial charge in [0.1, 0.15) is 36.3 Å². The highest BCUT2D eigenvalue weighted by molar-refractivity contribution is 5.75. The van der Waals surface area contributed by atoms with Crippen LogP contribution in [0.1, 0.15) is 52.2 Å². The number of rotatable bonds is 12. The molecular weight excluding hydrogens is 568 g/mol. The predicted octanol–water partition coefficient (Wildman–Crippen LogP) is 4.52. The molecule has 240 valence electrons. The highest BCUT2D eigenvalue weighted by atomic mass is 16.9. The second-order valence-electron chi connectivity index (χ2n) is 12.9. The van der Waals surface area contributed by atoms with Crippen molar-refractivity contribution in [2.75, 3.05) is 13.2 Å². The van der Waals surface area contributed by atoms with E-state index >= 15 is 0 Å². The van der Waals surface area contributed by atoms with Crippen molar-refractivity contribution in [2.24, 2.45) is 5.92 Å². The minimum atomic E-state index is -0.849. The highest BCUT2D eigenvalue weighted by Crippen LogP contribution is 2.44. The normalized spacial score (nSPS) is 35.6. The van der Waals surface area contributed by atoms with Crippen molar-refractivity contribution in [3.05, 3.63) is 71.8 Å². The van der Waals surface area contributed by atoms with Crippen LogP contribution < -0.4 is 0 Å². The van der Waals surface area contributed by atoms with Gasteiger partial charge in [0.05, 0.1) is 32.5 Å². The van der Waals surface area contributed by atoms with Crippen LogP contribution in [0.5, 0.6) is 0 Å². The zero-order chi connectivity index (χ0) is 30.9. The van der Waals surface area contributed by atoms with Gasteiger partial charge in [0, 0.05) is 12.3 Å². The van der Waals surface area contributed by atoms with Gasteiger partial charge in [-0.3, -0.25) is 0 Å². The average Bonchev–Trinajstić information content (AvgIpc) is 3.69. The van der Waals surface area contributed by atoms with E-state index in [1.54, 1.807) is 6.92 Å². The number of hydrogen-bond acceptors (Lipinski definition) is 10. The summed E-state index contributed by atoms with van der Waals surface area (Å²) in [5.74, 6) is -1.98. The average molecular weight is 613 g/mol. The summed E-state index contributed by atoms with van der Waals surface area (Å²) in [7, 11) is 0. The van der Waals surface area contributed by atoms with Crippen molar-refractivity contribution in [3.8, 4) is 0 Å². The maximum atomic E-state index is 12.6. The molecule has 0 bridgehead atoms. The molecule has 2 aromatic rings. The minimum absolute atomic E-state index is 0.0133. The molecule has 0 saturated carbocycles. The van der Waals surface area contributed by atoms with Gasteiger partial charge in [0.15, 0.2) is 24.2 Å². The van der Waals surface area contributed by atoms with E-state index in [2.05, 4.69) is 0 Å². The first-order valence-corrected chi connectivity index (χ1v) is 15.5. The third-order valence-corrected chi connectivity index (χ3v) is 8.36. The van der Waals surface area contributed by atoms with E-state index in [1.165, 1.54) is 0 Å². The number of hydrogen-bond donors (Lipinski definition) is 0. The lowest BCUT2D eigenvalue weighted by Gasteiger charge is -2.32. The van der Waals surface area contributed by atoms with E-state index in [-0.39, 0.29) is 18.8 Å². The maximum Gasteiger partial charge on any atom is 0.190 e. The van der Waals surface area contributed by atoms with E-state index in [4.69, 9.17) is 42.6 Å². The molecule has 4 fully saturated rings. The Morgan fingerprint density at radius 2 is 1.50 bits per heavy atom. The summed E-state index contributed by atoms with van der Waals surface area (Å²) in [5.41, 5.74) is 2.08. The van der Waals surface area contributed by atoms with Crippen LogP contribution in [0.3, 0.4) is 0 Å². The topological polar surface area (TPSA) is 100 Å². The van der Waals surface area contributed by atoms with Gasteiger partial charge in [0.2, 0.25) is 0 Å². The second kappa shape index (κ2) is 13.2. The summed E-state index contributed by atoms with van der Waals surface area (Å²) in [6, 6.07) is 19.9. The van der Waals surface area contributed by atoms with E-state index in [1.807, 2.05) is 88.4 Å². The van der Waals surface area contributed by atoms with E-state index in [9.17, 15) is 4.79 Å². The smallest absolute Gasteiger partial charge is 0.190 e. The SMILES string of the molecule is CC(=O)C[C@@H]1[C@@H](O[C@@H]2[C@H]3OC(C)(C)O[C@H]3O[C@@H]2[C@H]2COC(C)(C)O2)O[C@H](COCc2ccccc2)[C@@H]1OCc1ccccc1. The fourth-order valence-corrected chi connectivity index (χ4v) is 6.45. The van der Waals surface area contributed by atoms with Crippen LogP contribution in [0.15, 0.2) is 60.7 Å². The van der Waals surface area contributed by atoms with Crippen molar-refractivity contribution in [2.45, 2.75) is 115 Å². The standard InChI is InChI=1S/C34H44O10/c1-21(35)16-24-27(37-18-23-14-10-7-11-15-23)25(19-36-17-22-12-8-6-9-13-22)39-31(24)41-29-28(26-20-38-33(2,3)42-26)40-32-30(29)43-34(4,5)44-32/h6-15,24-32H,16-20H2,1-5H3/t24-,25+,26+,27+,28+,29-,30+,31+,32+/m0/s1. The second-order valence-corrected chi connectivity index (χ2v) is 12.9. The number of Topliss-reactive ketones (excluding diaryl/α,β-unsaturated/α-hetero) is 1. The van der Waals surface area contributed by atoms with Gasteiger partial charge in [-0.1, -0.05) is 60.7 Å². The Kier molecular flexibility index (Phi) is 9.54. The molecule has 4 saturated heterocycles. The lowest BCUT2D eigenvalue weighted by molar-refractivity contribution is -0.258. The van der Waals surface area contributed by atoms with E-state index < -0.39 is 66.7 Å². The summed E-state index contributed by atoms with van der Waals surface area (Å²) < 4.78 is 56.8. The number of benzene rings is 2. The lowest BCUT2D eigenvalue weighted by atomic mass is 9.94. The van der Waals surface area contributed by atoms with Gasteiger partial charge in [-0.25, -0.2) is 0 Å². The molecule has 4 heterocycles. The summed E-state index contributed by atoms with van der Waals surface area (Å²) >= 11 is 0. The van der Waals surface area contributed by atoms with Crippen molar-refractivity contribution in [3.63, 3.8) is 0 Å². The Morgan fingerprint density at radius 3 is 2.14 bits per heavy atom. The summed E-state index contributed by atoms with van der Waals surface area (Å²) in [5, 5.41) is 0. The largest absolute Gasteiger partial charge is 0.374 e. The third-order valence-electron chi connectivity index (χ3n) is 8.36. The Labute approximate surface area is 259 Å². The molecule has 9 atom stereocenters. The Hall–Kier alpha value is -2.25. The predicted molar refractivity (Wildman–Crippen MR) is 157 cm³/mol. The van der Waals surface area contributed by atoms with Crippen LogP contribution in [-0.4, -0.2) is 79.8 Å². The fraction of sp³-hybridized carbons (Fsp3) is 0.618.